The molecule has 5 nitrogen and oxygen atoms in total. The van der Waals surface area contributed by atoms with Gasteiger partial charge in [0.25, 0.3) is 12.1 Å². The topological polar surface area (TPSA) is 98.0 Å². The van der Waals surface area contributed by atoms with Crippen molar-refractivity contribution in [2.24, 2.45) is 5.41 Å². The van der Waals surface area contributed by atoms with Gasteiger partial charge in [0.05, 0.1) is 19.8 Å². The number of allylic oxidation sites excluding steroid dienone is 1. The Labute approximate surface area is 140 Å². The molecule has 1 atom stereocenters. The summed E-state index contributed by atoms with van der Waals surface area (Å²) in [6.45, 7) is 2.27. The van der Waals surface area contributed by atoms with E-state index < -0.39 is 41.6 Å². The van der Waals surface area contributed by atoms with E-state index >= 15 is 0 Å². The Morgan fingerprint density at radius 1 is 1.04 bits per heavy atom. The first-order chi connectivity index (χ1) is 11.2. The minimum absolute atomic E-state index is 0.156. The van der Waals surface area contributed by atoms with Crippen molar-refractivity contribution in [3.63, 3.8) is 0 Å². The predicted molar refractivity (Wildman–Crippen MR) is 75.9 cm³/mol. The average Bonchev–Trinajstić information content (AvgIpc) is 2.54. The highest BCUT2D eigenvalue weighted by atomic mass is 19.4. The van der Waals surface area contributed by atoms with Crippen LogP contribution in [0.25, 0.3) is 0 Å². The van der Waals surface area contributed by atoms with Crippen LogP contribution in [-0.2, 0) is 4.79 Å². The van der Waals surface area contributed by atoms with Crippen LogP contribution >= 0.6 is 0 Å². The molecule has 150 valence electrons. The smallest absolute Gasteiger partial charge is 0.425 e. The van der Waals surface area contributed by atoms with Crippen LogP contribution < -0.4 is 0 Å². The summed E-state index contributed by atoms with van der Waals surface area (Å²) in [4.78, 5) is 10.2. The summed E-state index contributed by atoms with van der Waals surface area (Å²) in [6.07, 6.45) is -10.7. The second-order valence-corrected chi connectivity index (χ2v) is 5.39. The molecule has 0 aromatic heterocycles. The van der Waals surface area contributed by atoms with Crippen LogP contribution in [0.1, 0.15) is 26.7 Å². The van der Waals surface area contributed by atoms with Gasteiger partial charge in [-0.3, -0.25) is 0 Å². The molecule has 0 amide bonds. The van der Waals surface area contributed by atoms with Crippen LogP contribution in [-0.4, -0.2) is 64.5 Å². The van der Waals surface area contributed by atoms with Crippen molar-refractivity contribution in [1.29, 1.82) is 0 Å². The number of rotatable bonds is 8. The molecule has 0 aliphatic heterocycles. The SMILES string of the molecule is CC(=CCC(F)(F)C(F)C(F)(F)F)C(=O)O.CCC(CO)(CO)CO. The minimum Gasteiger partial charge on any atom is -0.478 e. The van der Waals surface area contributed by atoms with Crippen molar-refractivity contribution in [3.8, 4) is 0 Å². The number of alkyl halides is 6. The zero-order chi connectivity index (χ0) is 20.5. The number of carboxylic acids is 1. The first kappa shape index (κ1) is 25.9. The highest BCUT2D eigenvalue weighted by Gasteiger charge is 2.56. The van der Waals surface area contributed by atoms with Crippen LogP contribution in [0.3, 0.4) is 0 Å². The Morgan fingerprint density at radius 3 is 1.64 bits per heavy atom. The summed E-state index contributed by atoms with van der Waals surface area (Å²) >= 11 is 0. The van der Waals surface area contributed by atoms with Gasteiger partial charge in [0.15, 0.2) is 0 Å². The highest BCUT2D eigenvalue weighted by Crippen LogP contribution is 2.37. The molecular formula is C14H22F6O5. The van der Waals surface area contributed by atoms with Crippen molar-refractivity contribution in [1.82, 2.24) is 0 Å². The van der Waals surface area contributed by atoms with Gasteiger partial charge in [-0.05, 0) is 13.3 Å². The third-order valence-corrected chi connectivity index (χ3v) is 3.43. The normalized spacial score (nSPS) is 14.6. The summed E-state index contributed by atoms with van der Waals surface area (Å²) in [6, 6.07) is 0. The lowest BCUT2D eigenvalue weighted by Crippen LogP contribution is -2.41. The van der Waals surface area contributed by atoms with Gasteiger partial charge >= 0.3 is 12.1 Å². The van der Waals surface area contributed by atoms with Crippen LogP contribution in [0.15, 0.2) is 11.6 Å². The van der Waals surface area contributed by atoms with Gasteiger partial charge in [-0.25, -0.2) is 18.0 Å². The van der Waals surface area contributed by atoms with Gasteiger partial charge in [0, 0.05) is 17.4 Å². The second-order valence-electron chi connectivity index (χ2n) is 5.39. The fraction of sp³-hybridized carbons (Fsp3) is 0.786. The number of halogens is 6. The van der Waals surface area contributed by atoms with Crippen molar-refractivity contribution >= 4 is 5.97 Å². The highest BCUT2D eigenvalue weighted by molar-refractivity contribution is 5.85. The van der Waals surface area contributed by atoms with E-state index in [9.17, 15) is 31.1 Å². The Morgan fingerprint density at radius 2 is 1.44 bits per heavy atom. The van der Waals surface area contributed by atoms with Gasteiger partial charge in [0.1, 0.15) is 0 Å². The molecule has 0 rings (SSSR count). The summed E-state index contributed by atoms with van der Waals surface area (Å²) < 4.78 is 72.4. The fourth-order valence-electron chi connectivity index (χ4n) is 1.20. The molecule has 11 heteroatoms. The molecular weight excluding hydrogens is 362 g/mol. The Kier molecular flexibility index (Phi) is 11.0. The monoisotopic (exact) mass is 384 g/mol. The third-order valence-electron chi connectivity index (χ3n) is 3.43. The molecule has 1 unspecified atom stereocenters. The summed E-state index contributed by atoms with van der Waals surface area (Å²) in [5, 5.41) is 34.2. The number of carboxylic acid groups (broad SMARTS) is 1. The molecule has 0 spiro atoms. The van der Waals surface area contributed by atoms with E-state index in [4.69, 9.17) is 20.4 Å². The molecule has 0 aromatic carbocycles. The molecule has 0 bridgehead atoms. The molecule has 0 saturated carbocycles. The van der Waals surface area contributed by atoms with Crippen LogP contribution in [0, 0.1) is 5.41 Å². The third kappa shape index (κ3) is 9.07. The first-order valence-electron chi connectivity index (χ1n) is 7.04. The van der Waals surface area contributed by atoms with E-state index in [0.29, 0.717) is 12.5 Å². The van der Waals surface area contributed by atoms with Crippen LogP contribution in [0.5, 0.6) is 0 Å². The number of hydrogen-bond donors (Lipinski definition) is 4. The van der Waals surface area contributed by atoms with Gasteiger partial charge in [-0.2, -0.15) is 13.2 Å². The molecule has 0 fully saturated rings. The van der Waals surface area contributed by atoms with E-state index in [1.54, 1.807) is 0 Å². The number of aliphatic hydroxyl groups is 3. The van der Waals surface area contributed by atoms with Gasteiger partial charge in [-0.1, -0.05) is 13.0 Å². The summed E-state index contributed by atoms with van der Waals surface area (Å²) in [5.74, 6) is -6.23. The lowest BCUT2D eigenvalue weighted by atomic mass is 9.88. The van der Waals surface area contributed by atoms with Crippen molar-refractivity contribution in [2.75, 3.05) is 19.8 Å². The van der Waals surface area contributed by atoms with E-state index in [0.717, 1.165) is 6.92 Å². The average molecular weight is 384 g/mol. The lowest BCUT2D eigenvalue weighted by molar-refractivity contribution is -0.243. The summed E-state index contributed by atoms with van der Waals surface area (Å²) in [5.41, 5.74) is -1.24. The molecule has 4 N–H and O–H groups in total. The van der Waals surface area contributed by atoms with Crippen LogP contribution in [0.2, 0.25) is 0 Å². The maximum Gasteiger partial charge on any atom is 0.425 e. The Bertz CT molecular complexity index is 414. The maximum absolute atomic E-state index is 12.6. The van der Waals surface area contributed by atoms with E-state index in [1.807, 2.05) is 6.92 Å². The fourth-order valence-corrected chi connectivity index (χ4v) is 1.20. The molecule has 25 heavy (non-hydrogen) atoms. The van der Waals surface area contributed by atoms with Crippen molar-refractivity contribution in [3.05, 3.63) is 11.6 Å². The molecule has 0 aromatic rings. The Hall–Kier alpha value is -1.33. The molecule has 0 heterocycles. The lowest BCUT2D eigenvalue weighted by Gasteiger charge is -2.24. The predicted octanol–water partition coefficient (Wildman–Crippen LogP) is 2.30. The Balaban J connectivity index is 0. The first-order valence-corrected chi connectivity index (χ1v) is 7.04. The minimum atomic E-state index is -5.67. The number of aliphatic hydroxyl groups excluding tert-OH is 3. The summed E-state index contributed by atoms with van der Waals surface area (Å²) in [7, 11) is 0. The second kappa shape index (κ2) is 10.6. The zero-order valence-electron chi connectivity index (χ0n) is 13.7. The van der Waals surface area contributed by atoms with E-state index in [2.05, 4.69) is 0 Å². The molecule has 0 saturated heterocycles. The van der Waals surface area contributed by atoms with Gasteiger partial charge < -0.3 is 20.4 Å². The quantitative estimate of drug-likeness (QED) is 0.380. The largest absolute Gasteiger partial charge is 0.478 e. The van der Waals surface area contributed by atoms with Gasteiger partial charge in [0.2, 0.25) is 0 Å². The molecule has 0 aliphatic carbocycles. The standard InChI is InChI=1S/C8H8F6O2.C6H14O3/c1-4(5(15)16)2-3-7(10,11)6(9)8(12,13)14;1-2-6(3-7,4-8)5-9/h2,6H,3H2,1H3,(H,15,16);7-9H,2-5H2,1H3. The molecule has 0 aliphatic rings. The van der Waals surface area contributed by atoms with Gasteiger partial charge in [-0.15, -0.1) is 0 Å². The zero-order valence-corrected chi connectivity index (χ0v) is 13.7. The molecule has 0 radical (unpaired) electrons. The number of carbonyl (C=O) groups is 1. The van der Waals surface area contributed by atoms with E-state index in [-0.39, 0.29) is 19.8 Å². The van der Waals surface area contributed by atoms with Crippen molar-refractivity contribution < 1.29 is 51.6 Å². The van der Waals surface area contributed by atoms with Crippen molar-refractivity contribution in [2.45, 2.75) is 45.0 Å². The van der Waals surface area contributed by atoms with Crippen LogP contribution in [0.4, 0.5) is 26.3 Å². The number of hydrogen-bond acceptors (Lipinski definition) is 4. The van der Waals surface area contributed by atoms with E-state index in [1.165, 1.54) is 0 Å². The maximum atomic E-state index is 12.6. The number of aliphatic carboxylic acids is 1.